The van der Waals surface area contributed by atoms with Gasteiger partial charge in [0.1, 0.15) is 0 Å². The fourth-order valence-electron chi connectivity index (χ4n) is 2.40. The lowest BCUT2D eigenvalue weighted by Crippen LogP contribution is -2.36. The van der Waals surface area contributed by atoms with Crippen LogP contribution in [-0.4, -0.2) is 36.4 Å². The second kappa shape index (κ2) is 7.30. The van der Waals surface area contributed by atoms with Gasteiger partial charge in [-0.25, -0.2) is 4.98 Å². The molecule has 1 aromatic heterocycles. The summed E-state index contributed by atoms with van der Waals surface area (Å²) in [5.74, 6) is 0.0190. The number of likely N-dealkylation sites (N-methyl/N-ethyl adjacent to an activating group) is 2. The van der Waals surface area contributed by atoms with Gasteiger partial charge < -0.3 is 0 Å². The first-order valence-corrected chi connectivity index (χ1v) is 8.77. The van der Waals surface area contributed by atoms with E-state index in [1.165, 1.54) is 11.3 Å². The van der Waals surface area contributed by atoms with E-state index in [-0.39, 0.29) is 5.91 Å². The van der Waals surface area contributed by atoms with Crippen molar-refractivity contribution in [2.75, 3.05) is 25.5 Å². The van der Waals surface area contributed by atoms with E-state index in [1.54, 1.807) is 11.9 Å². The van der Waals surface area contributed by atoms with Gasteiger partial charge in [-0.15, -0.1) is 0 Å². The number of hydrogen-bond donors (Lipinski definition) is 0. The van der Waals surface area contributed by atoms with Crippen LogP contribution in [0.3, 0.4) is 0 Å². The maximum Gasteiger partial charge on any atom is 0.242 e. The van der Waals surface area contributed by atoms with Crippen molar-refractivity contribution in [1.29, 1.82) is 0 Å². The normalized spacial score (nSPS) is 11.2. The summed E-state index contributed by atoms with van der Waals surface area (Å²) in [4.78, 5) is 20.6. The summed E-state index contributed by atoms with van der Waals surface area (Å²) < 4.78 is 1.08. The van der Waals surface area contributed by atoms with Crippen LogP contribution in [0, 0.1) is 0 Å². The third-order valence-corrected chi connectivity index (χ3v) is 5.08. The maximum atomic E-state index is 12.5. The Hall–Kier alpha value is -1.95. The maximum absolute atomic E-state index is 12.5. The molecule has 124 valence electrons. The van der Waals surface area contributed by atoms with Crippen molar-refractivity contribution in [3.8, 4) is 0 Å². The molecule has 0 spiro atoms. The molecule has 0 N–H and O–H groups in total. The van der Waals surface area contributed by atoms with Gasteiger partial charge in [0.25, 0.3) is 0 Å². The molecule has 0 atom stereocenters. The summed E-state index contributed by atoms with van der Waals surface area (Å²) in [5.41, 5.74) is 2.05. The molecule has 0 aliphatic rings. The zero-order valence-electron chi connectivity index (χ0n) is 13.6. The van der Waals surface area contributed by atoms with Crippen molar-refractivity contribution < 1.29 is 4.79 Å². The summed E-state index contributed by atoms with van der Waals surface area (Å²) in [6.45, 7) is 1.02. The lowest BCUT2D eigenvalue weighted by molar-refractivity contribution is -0.119. The summed E-state index contributed by atoms with van der Waals surface area (Å²) in [6.07, 6.45) is 0. The number of para-hydroxylation sites is 1. The quantitative estimate of drug-likeness (QED) is 0.689. The van der Waals surface area contributed by atoms with Gasteiger partial charge in [-0.05, 0) is 36.9 Å². The molecule has 0 bridgehead atoms. The molecule has 0 fully saturated rings. The standard InChI is InChI=1S/C18H18ClN3OS/c1-21(11-13-7-9-14(19)10-8-13)12-17(23)22(2)18-20-15-5-3-4-6-16(15)24-18/h3-10H,11-12H2,1-2H3. The predicted octanol–water partition coefficient (Wildman–Crippen LogP) is 4.04. The molecule has 1 amide bonds. The highest BCUT2D eigenvalue weighted by Gasteiger charge is 2.17. The summed E-state index contributed by atoms with van der Waals surface area (Å²) in [5, 5.41) is 1.44. The van der Waals surface area contributed by atoms with Crippen molar-refractivity contribution in [1.82, 2.24) is 9.88 Å². The monoisotopic (exact) mass is 359 g/mol. The van der Waals surface area contributed by atoms with E-state index in [9.17, 15) is 4.79 Å². The number of carbonyl (C=O) groups is 1. The van der Waals surface area contributed by atoms with Gasteiger partial charge >= 0.3 is 0 Å². The van der Waals surface area contributed by atoms with Gasteiger partial charge in [-0.3, -0.25) is 14.6 Å². The number of anilines is 1. The fourth-order valence-corrected chi connectivity index (χ4v) is 3.47. The van der Waals surface area contributed by atoms with E-state index in [0.29, 0.717) is 18.1 Å². The molecular formula is C18H18ClN3OS. The highest BCUT2D eigenvalue weighted by molar-refractivity contribution is 7.22. The molecule has 6 heteroatoms. The van der Waals surface area contributed by atoms with Gasteiger partial charge in [0.15, 0.2) is 5.13 Å². The first kappa shape index (κ1) is 16.9. The van der Waals surface area contributed by atoms with Crippen LogP contribution in [0.15, 0.2) is 48.5 Å². The molecule has 0 unspecified atom stereocenters. The fraction of sp³-hybridized carbons (Fsp3) is 0.222. The van der Waals surface area contributed by atoms with Crippen LogP contribution in [-0.2, 0) is 11.3 Å². The van der Waals surface area contributed by atoms with Crippen LogP contribution in [0.2, 0.25) is 5.02 Å². The van der Waals surface area contributed by atoms with E-state index in [4.69, 9.17) is 11.6 Å². The number of fused-ring (bicyclic) bond motifs is 1. The number of nitrogens with zero attached hydrogens (tertiary/aromatic N) is 3. The number of carbonyl (C=O) groups excluding carboxylic acids is 1. The van der Waals surface area contributed by atoms with E-state index < -0.39 is 0 Å². The van der Waals surface area contributed by atoms with Gasteiger partial charge in [-0.2, -0.15) is 0 Å². The van der Waals surface area contributed by atoms with Gasteiger partial charge in [0.05, 0.1) is 16.8 Å². The van der Waals surface area contributed by atoms with E-state index in [2.05, 4.69) is 4.98 Å². The number of rotatable bonds is 5. The zero-order chi connectivity index (χ0) is 17.1. The number of aromatic nitrogens is 1. The SMILES string of the molecule is CN(CC(=O)N(C)c1nc2ccccc2s1)Cc1ccc(Cl)cc1. The highest BCUT2D eigenvalue weighted by atomic mass is 35.5. The van der Waals surface area contributed by atoms with Gasteiger partial charge in [0.2, 0.25) is 5.91 Å². The van der Waals surface area contributed by atoms with Crippen LogP contribution in [0.5, 0.6) is 0 Å². The molecule has 3 aromatic rings. The minimum atomic E-state index is 0.0190. The van der Waals surface area contributed by atoms with Crippen LogP contribution in [0.25, 0.3) is 10.2 Å². The van der Waals surface area contributed by atoms with E-state index >= 15 is 0 Å². The second-order valence-electron chi connectivity index (χ2n) is 5.72. The lowest BCUT2D eigenvalue weighted by atomic mass is 10.2. The lowest BCUT2D eigenvalue weighted by Gasteiger charge is -2.20. The number of amides is 1. The van der Waals surface area contributed by atoms with Crippen molar-refractivity contribution >= 4 is 44.2 Å². The van der Waals surface area contributed by atoms with Crippen LogP contribution in [0.1, 0.15) is 5.56 Å². The molecule has 1 heterocycles. The van der Waals surface area contributed by atoms with Crippen LogP contribution < -0.4 is 4.90 Å². The molecule has 3 rings (SSSR count). The third-order valence-electron chi connectivity index (χ3n) is 3.71. The summed E-state index contributed by atoms with van der Waals surface area (Å²) in [6, 6.07) is 15.6. The van der Waals surface area contributed by atoms with Crippen molar-refractivity contribution in [3.05, 3.63) is 59.1 Å². The second-order valence-corrected chi connectivity index (χ2v) is 7.16. The summed E-state index contributed by atoms with van der Waals surface area (Å²) in [7, 11) is 3.70. The van der Waals surface area contributed by atoms with Crippen molar-refractivity contribution in [2.45, 2.75) is 6.54 Å². The number of hydrogen-bond acceptors (Lipinski definition) is 4. The zero-order valence-corrected chi connectivity index (χ0v) is 15.1. The average molecular weight is 360 g/mol. The van der Waals surface area contributed by atoms with Crippen molar-refractivity contribution in [3.63, 3.8) is 0 Å². The minimum Gasteiger partial charge on any atom is -0.293 e. The molecular weight excluding hydrogens is 342 g/mol. The topological polar surface area (TPSA) is 36.4 Å². The Kier molecular flexibility index (Phi) is 5.14. The molecule has 0 radical (unpaired) electrons. The summed E-state index contributed by atoms with van der Waals surface area (Å²) >= 11 is 7.42. The predicted molar refractivity (Wildman–Crippen MR) is 101 cm³/mol. The Morgan fingerprint density at radius 3 is 2.54 bits per heavy atom. The van der Waals surface area contributed by atoms with Gasteiger partial charge in [0, 0.05) is 18.6 Å². The van der Waals surface area contributed by atoms with E-state index in [1.807, 2.05) is 60.5 Å². The number of benzene rings is 2. The number of thiazole rings is 1. The molecule has 0 aliphatic carbocycles. The Morgan fingerprint density at radius 2 is 1.83 bits per heavy atom. The van der Waals surface area contributed by atoms with E-state index in [0.717, 1.165) is 20.9 Å². The molecule has 2 aromatic carbocycles. The molecule has 0 saturated carbocycles. The third kappa shape index (κ3) is 3.93. The van der Waals surface area contributed by atoms with Crippen molar-refractivity contribution in [2.24, 2.45) is 0 Å². The Labute approximate surface area is 150 Å². The largest absolute Gasteiger partial charge is 0.293 e. The van der Waals surface area contributed by atoms with Crippen LogP contribution >= 0.6 is 22.9 Å². The smallest absolute Gasteiger partial charge is 0.242 e. The highest BCUT2D eigenvalue weighted by Crippen LogP contribution is 2.27. The van der Waals surface area contributed by atoms with Crippen LogP contribution in [0.4, 0.5) is 5.13 Å². The minimum absolute atomic E-state index is 0.0190. The number of halogens is 1. The first-order chi connectivity index (χ1) is 11.5. The Bertz CT molecular complexity index is 814. The molecule has 0 aliphatic heterocycles. The Balaban J connectivity index is 1.63. The molecule has 24 heavy (non-hydrogen) atoms. The first-order valence-electron chi connectivity index (χ1n) is 7.58. The molecule has 4 nitrogen and oxygen atoms in total. The average Bonchev–Trinajstić information content (AvgIpc) is 3.00. The molecule has 0 saturated heterocycles. The Morgan fingerprint density at radius 1 is 1.12 bits per heavy atom. The van der Waals surface area contributed by atoms with Gasteiger partial charge in [-0.1, -0.05) is 47.2 Å².